The summed E-state index contributed by atoms with van der Waals surface area (Å²) in [5.74, 6) is 1.48. The Kier molecular flexibility index (Phi) is 4.93. The Balaban J connectivity index is 1.79. The topological polar surface area (TPSA) is 78.3 Å². The van der Waals surface area contributed by atoms with Crippen LogP contribution in [0.15, 0.2) is 30.3 Å². The fourth-order valence-corrected chi connectivity index (χ4v) is 2.92. The Morgan fingerprint density at radius 2 is 1.75 bits per heavy atom. The van der Waals surface area contributed by atoms with Crippen LogP contribution in [0.5, 0.6) is 0 Å². The number of hydrogen-bond acceptors (Lipinski definition) is 5. The standard InChI is InChI=1S/C18H22N4O2/c1-13-19-16(21-15-8-6-14(7-9-15)18(23)24)12-17(20-13)22-10-4-2-3-5-11-22/h6-9,12H,2-5,10-11H2,1H3,(H,23,24)(H,19,20,21). The summed E-state index contributed by atoms with van der Waals surface area (Å²) in [5.41, 5.74) is 1.07. The minimum Gasteiger partial charge on any atom is -0.478 e. The molecule has 1 aliphatic rings. The van der Waals surface area contributed by atoms with Crippen LogP contribution in [-0.4, -0.2) is 34.1 Å². The largest absolute Gasteiger partial charge is 0.478 e. The van der Waals surface area contributed by atoms with Gasteiger partial charge in [0.2, 0.25) is 0 Å². The van der Waals surface area contributed by atoms with Crippen molar-refractivity contribution in [1.82, 2.24) is 9.97 Å². The lowest BCUT2D eigenvalue weighted by Gasteiger charge is -2.22. The molecule has 6 nitrogen and oxygen atoms in total. The van der Waals surface area contributed by atoms with Crippen molar-refractivity contribution < 1.29 is 9.90 Å². The summed E-state index contributed by atoms with van der Waals surface area (Å²) < 4.78 is 0. The van der Waals surface area contributed by atoms with Crippen molar-refractivity contribution in [3.8, 4) is 0 Å². The minimum absolute atomic E-state index is 0.268. The highest BCUT2D eigenvalue weighted by molar-refractivity contribution is 5.88. The second kappa shape index (κ2) is 7.29. The molecule has 126 valence electrons. The lowest BCUT2D eigenvalue weighted by molar-refractivity contribution is 0.0697. The third-order valence-electron chi connectivity index (χ3n) is 4.16. The SMILES string of the molecule is Cc1nc(Nc2ccc(C(=O)O)cc2)cc(N2CCCCCC2)n1. The smallest absolute Gasteiger partial charge is 0.335 e. The van der Waals surface area contributed by atoms with Gasteiger partial charge < -0.3 is 15.3 Å². The zero-order valence-electron chi connectivity index (χ0n) is 13.8. The van der Waals surface area contributed by atoms with Gasteiger partial charge in [-0.1, -0.05) is 12.8 Å². The first-order chi connectivity index (χ1) is 11.6. The number of rotatable bonds is 4. The van der Waals surface area contributed by atoms with Crippen LogP contribution in [0.1, 0.15) is 41.9 Å². The van der Waals surface area contributed by atoms with Crippen molar-refractivity contribution in [2.75, 3.05) is 23.3 Å². The zero-order valence-corrected chi connectivity index (χ0v) is 13.8. The lowest BCUT2D eigenvalue weighted by atomic mass is 10.2. The maximum absolute atomic E-state index is 10.9. The van der Waals surface area contributed by atoms with Crippen molar-refractivity contribution >= 4 is 23.3 Å². The number of nitrogens with zero attached hydrogens (tertiary/aromatic N) is 3. The molecule has 0 spiro atoms. The summed E-state index contributed by atoms with van der Waals surface area (Å²) >= 11 is 0. The molecule has 0 unspecified atom stereocenters. The van der Waals surface area contributed by atoms with Crippen LogP contribution in [0, 0.1) is 6.92 Å². The monoisotopic (exact) mass is 326 g/mol. The van der Waals surface area contributed by atoms with Gasteiger partial charge in [-0.2, -0.15) is 0 Å². The average molecular weight is 326 g/mol. The number of benzene rings is 1. The predicted octanol–water partition coefficient (Wildman–Crippen LogP) is 3.61. The van der Waals surface area contributed by atoms with Crippen molar-refractivity contribution in [3.63, 3.8) is 0 Å². The van der Waals surface area contributed by atoms with Gasteiger partial charge in [0.15, 0.2) is 0 Å². The Morgan fingerprint density at radius 3 is 2.38 bits per heavy atom. The third kappa shape index (κ3) is 4.01. The number of carbonyl (C=O) groups is 1. The Bertz CT molecular complexity index is 707. The van der Waals surface area contributed by atoms with Gasteiger partial charge in [-0.25, -0.2) is 14.8 Å². The maximum Gasteiger partial charge on any atom is 0.335 e. The second-order valence-corrected chi connectivity index (χ2v) is 6.07. The van der Waals surface area contributed by atoms with E-state index < -0.39 is 5.97 Å². The van der Waals surface area contributed by atoms with Crippen molar-refractivity contribution in [2.24, 2.45) is 0 Å². The highest BCUT2D eigenvalue weighted by atomic mass is 16.4. The normalized spacial score (nSPS) is 15.0. The quantitative estimate of drug-likeness (QED) is 0.893. The van der Waals surface area contributed by atoms with Gasteiger partial charge in [0, 0.05) is 24.8 Å². The average Bonchev–Trinajstić information content (AvgIpc) is 2.84. The summed E-state index contributed by atoms with van der Waals surface area (Å²) in [7, 11) is 0. The second-order valence-electron chi connectivity index (χ2n) is 6.07. The molecule has 0 saturated carbocycles. The first kappa shape index (κ1) is 16.2. The van der Waals surface area contributed by atoms with Crippen LogP contribution in [0.4, 0.5) is 17.3 Å². The van der Waals surface area contributed by atoms with Crippen LogP contribution in [0.25, 0.3) is 0 Å². The molecule has 2 heterocycles. The highest BCUT2D eigenvalue weighted by Crippen LogP contribution is 2.22. The van der Waals surface area contributed by atoms with E-state index in [2.05, 4.69) is 20.2 Å². The number of carboxylic acid groups (broad SMARTS) is 1. The summed E-state index contributed by atoms with van der Waals surface area (Å²) in [5, 5.41) is 12.2. The molecule has 1 aromatic carbocycles. The van der Waals surface area contributed by atoms with Crippen LogP contribution < -0.4 is 10.2 Å². The number of aromatic nitrogens is 2. The van der Waals surface area contributed by atoms with Gasteiger partial charge >= 0.3 is 5.97 Å². The van der Waals surface area contributed by atoms with E-state index in [1.54, 1.807) is 24.3 Å². The van der Waals surface area contributed by atoms with Crippen LogP contribution >= 0.6 is 0 Å². The summed E-state index contributed by atoms with van der Waals surface area (Å²) in [4.78, 5) is 22.3. The van der Waals surface area contributed by atoms with Crippen LogP contribution in [-0.2, 0) is 0 Å². The van der Waals surface area contributed by atoms with E-state index in [1.165, 1.54) is 25.7 Å². The van der Waals surface area contributed by atoms with Gasteiger partial charge in [-0.3, -0.25) is 0 Å². The van der Waals surface area contributed by atoms with Crippen LogP contribution in [0.2, 0.25) is 0 Å². The summed E-state index contributed by atoms with van der Waals surface area (Å²) in [6, 6.07) is 8.60. The summed E-state index contributed by atoms with van der Waals surface area (Å²) in [6.07, 6.45) is 4.95. The number of hydrogen-bond donors (Lipinski definition) is 2. The van der Waals surface area contributed by atoms with E-state index in [9.17, 15) is 4.79 Å². The molecule has 0 aliphatic carbocycles. The molecule has 0 radical (unpaired) electrons. The van der Waals surface area contributed by atoms with Crippen molar-refractivity contribution in [1.29, 1.82) is 0 Å². The van der Waals surface area contributed by atoms with Crippen molar-refractivity contribution in [3.05, 3.63) is 41.7 Å². The molecule has 0 amide bonds. The van der Waals surface area contributed by atoms with E-state index in [-0.39, 0.29) is 5.56 Å². The lowest BCUT2D eigenvalue weighted by Crippen LogP contribution is -2.25. The van der Waals surface area contributed by atoms with Crippen molar-refractivity contribution in [2.45, 2.75) is 32.6 Å². The first-order valence-electron chi connectivity index (χ1n) is 8.33. The molecule has 3 rings (SSSR count). The molecule has 1 fully saturated rings. The molecular weight excluding hydrogens is 304 g/mol. The first-order valence-corrected chi connectivity index (χ1v) is 8.33. The third-order valence-corrected chi connectivity index (χ3v) is 4.16. The van der Waals surface area contributed by atoms with Gasteiger partial charge in [0.25, 0.3) is 0 Å². The molecule has 24 heavy (non-hydrogen) atoms. The molecule has 2 N–H and O–H groups in total. The fraction of sp³-hybridized carbons (Fsp3) is 0.389. The van der Waals surface area contributed by atoms with Crippen LogP contribution in [0.3, 0.4) is 0 Å². The number of anilines is 3. The van der Waals surface area contributed by atoms with E-state index in [0.717, 1.165) is 36.2 Å². The van der Waals surface area contributed by atoms with Gasteiger partial charge in [-0.05, 0) is 44.0 Å². The number of aryl methyl sites for hydroxylation is 1. The van der Waals surface area contributed by atoms with E-state index in [4.69, 9.17) is 5.11 Å². The minimum atomic E-state index is -0.928. The fourth-order valence-electron chi connectivity index (χ4n) is 2.92. The molecule has 0 bridgehead atoms. The highest BCUT2D eigenvalue weighted by Gasteiger charge is 2.13. The summed E-state index contributed by atoms with van der Waals surface area (Å²) in [6.45, 7) is 3.95. The Labute approximate surface area is 141 Å². The van der Waals surface area contributed by atoms with E-state index >= 15 is 0 Å². The molecule has 0 atom stereocenters. The molecule has 1 saturated heterocycles. The van der Waals surface area contributed by atoms with Gasteiger partial charge in [-0.15, -0.1) is 0 Å². The van der Waals surface area contributed by atoms with Gasteiger partial charge in [0.1, 0.15) is 17.5 Å². The molecule has 6 heteroatoms. The predicted molar refractivity (Wildman–Crippen MR) is 94.1 cm³/mol. The molecule has 1 aliphatic heterocycles. The Hall–Kier alpha value is -2.63. The van der Waals surface area contributed by atoms with E-state index in [1.807, 2.05) is 13.0 Å². The number of nitrogens with one attached hydrogen (secondary N) is 1. The number of aromatic carboxylic acids is 1. The molecule has 2 aromatic rings. The molecule has 1 aromatic heterocycles. The number of carboxylic acids is 1. The Morgan fingerprint density at radius 1 is 1.08 bits per heavy atom. The molecular formula is C18H22N4O2. The van der Waals surface area contributed by atoms with Gasteiger partial charge in [0.05, 0.1) is 5.56 Å². The van der Waals surface area contributed by atoms with E-state index in [0.29, 0.717) is 0 Å². The maximum atomic E-state index is 10.9. The zero-order chi connectivity index (χ0) is 16.9.